The molecule has 1 saturated heterocycles. The number of ether oxygens (including phenoxy) is 12. The van der Waals surface area contributed by atoms with Gasteiger partial charge in [-0.3, -0.25) is 18.7 Å². The van der Waals surface area contributed by atoms with Crippen molar-refractivity contribution in [2.75, 3.05) is 200 Å². The number of methoxy groups -OCH3 is 1. The summed E-state index contributed by atoms with van der Waals surface area (Å²) in [6, 6.07) is 11.4. The maximum Gasteiger partial charge on any atom is 0.362 e. The van der Waals surface area contributed by atoms with Crippen LogP contribution in [0.5, 0.6) is 0 Å². The monoisotopic (exact) mass is 1350 g/mol. The van der Waals surface area contributed by atoms with Crippen molar-refractivity contribution in [1.29, 1.82) is 0 Å². The topological polar surface area (TPSA) is 358 Å². The molecule has 0 bridgehead atoms. The standard InChI is InChI=1S/C59H87N3O26S3/c1-59(16-4-44-89(66,67)68)52-47-50(91(72,73)74)9-11-53(52)61(19-23-78-28-31-82-36-39-86-43-42-84-37-34-80-29-26-76-20-15-58(65)88-62-56(63)12-13-57(62)64)55(59)7-3-6-48-14-21-87-54-46-49(8-10-51(48)54)60(17-5-45-90(69,70)71)18-22-77-27-30-81-35-38-85-41-40-83-33-32-79-25-24-75-2/h3,6-11,14,21,46-47H,4-5,12-13,15-20,22-45H2,1-2H3,(H2-,66,67,68,69,70,71,72,73,74)/b6-3+,55-7+. The van der Waals surface area contributed by atoms with E-state index in [1.807, 2.05) is 47.1 Å². The van der Waals surface area contributed by atoms with E-state index in [0.717, 1.165) is 5.56 Å². The molecular formula is C59H87N3O26S3. The van der Waals surface area contributed by atoms with E-state index in [-0.39, 0.29) is 104 Å². The number of amides is 2. The summed E-state index contributed by atoms with van der Waals surface area (Å²) >= 11 is 0. The molecule has 32 heteroatoms. The molecule has 3 heterocycles. The summed E-state index contributed by atoms with van der Waals surface area (Å²) in [5.74, 6) is -2.85. The van der Waals surface area contributed by atoms with Crippen LogP contribution in [0, 0.1) is 0 Å². The number of carbonyl (C=O) groups excluding carboxylic acids is 3. The van der Waals surface area contributed by atoms with Gasteiger partial charge < -0.3 is 76.0 Å². The van der Waals surface area contributed by atoms with Crippen LogP contribution in [0.2, 0.25) is 0 Å². The van der Waals surface area contributed by atoms with Crippen molar-refractivity contribution < 1.29 is 119 Å². The fraction of sp³-hybridized carbons (Fsp3) is 0.627. The van der Waals surface area contributed by atoms with Crippen molar-refractivity contribution >= 4 is 76.6 Å². The Morgan fingerprint density at radius 2 is 1.12 bits per heavy atom. The van der Waals surface area contributed by atoms with Gasteiger partial charge in [-0.25, -0.2) is 17.6 Å². The second-order valence-electron chi connectivity index (χ2n) is 20.6. The first kappa shape index (κ1) is 76.5. The first-order valence-electron chi connectivity index (χ1n) is 29.9. The zero-order valence-corrected chi connectivity index (χ0v) is 54.1. The Morgan fingerprint density at radius 3 is 1.64 bits per heavy atom. The Labute approximate surface area is 532 Å². The number of hydroxylamine groups is 2. The number of fused-ring (bicyclic) bond motifs is 2. The molecule has 2 aromatic carbocycles. The van der Waals surface area contributed by atoms with Gasteiger partial charge in [0.25, 0.3) is 32.1 Å². The van der Waals surface area contributed by atoms with Crippen LogP contribution in [0.15, 0.2) is 75.9 Å². The quantitative estimate of drug-likeness (QED) is 0.0350. The third kappa shape index (κ3) is 29.3. The Hall–Kier alpha value is -5.21. The van der Waals surface area contributed by atoms with Gasteiger partial charge in [-0.05, 0) is 73.7 Å². The van der Waals surface area contributed by atoms with E-state index in [2.05, 4.69) is 0 Å². The molecule has 29 nitrogen and oxygen atoms in total. The van der Waals surface area contributed by atoms with Crippen molar-refractivity contribution in [3.63, 3.8) is 0 Å². The molecular weight excluding hydrogens is 1260 g/mol. The number of hydrogen-bond acceptors (Lipinski definition) is 25. The van der Waals surface area contributed by atoms with Gasteiger partial charge in [0, 0.05) is 68.1 Å². The first-order chi connectivity index (χ1) is 43.7. The number of allylic oxidation sites excluding steroid dienone is 3. The first-order valence-corrected chi connectivity index (χ1v) is 34.5. The number of anilines is 2. The van der Waals surface area contributed by atoms with Crippen molar-refractivity contribution in [3.05, 3.63) is 77.7 Å². The molecule has 2 amide bonds. The van der Waals surface area contributed by atoms with E-state index < -0.39 is 70.0 Å². The normalized spacial score (nSPS) is 15.9. The third-order valence-electron chi connectivity index (χ3n) is 13.9. The molecule has 1 atom stereocenters. The van der Waals surface area contributed by atoms with Crippen LogP contribution in [0.1, 0.15) is 56.6 Å². The van der Waals surface area contributed by atoms with Crippen LogP contribution in [-0.4, -0.2) is 252 Å². The summed E-state index contributed by atoms with van der Waals surface area (Å²) in [5.41, 5.74) is 2.53. The number of hydrogen-bond donors (Lipinski definition) is 2. The number of rotatable bonds is 52. The van der Waals surface area contributed by atoms with Crippen LogP contribution in [0.25, 0.3) is 17.0 Å². The summed E-state index contributed by atoms with van der Waals surface area (Å²) in [6.07, 6.45) is 7.11. The summed E-state index contributed by atoms with van der Waals surface area (Å²) in [6.45, 7) is 10.1. The maximum absolute atomic E-state index is 12.4. The van der Waals surface area contributed by atoms with E-state index >= 15 is 0 Å². The molecule has 0 saturated carbocycles. The molecule has 5 rings (SSSR count). The van der Waals surface area contributed by atoms with E-state index in [4.69, 9.17) is 66.1 Å². The lowest BCUT2D eigenvalue weighted by molar-refractivity contribution is -0.198. The Bertz CT molecular complexity index is 3080. The lowest BCUT2D eigenvalue weighted by Crippen LogP contribution is -2.32. The fourth-order valence-corrected chi connectivity index (χ4v) is 10.9. The molecule has 2 aliphatic heterocycles. The van der Waals surface area contributed by atoms with E-state index in [9.17, 15) is 53.3 Å². The summed E-state index contributed by atoms with van der Waals surface area (Å²) in [7, 11) is -11.9. The maximum atomic E-state index is 12.4. The minimum Gasteiger partial charge on any atom is -0.744 e. The predicted molar refractivity (Wildman–Crippen MR) is 328 cm³/mol. The molecule has 0 spiro atoms. The number of carbonyl (C=O) groups is 3. The molecule has 1 fully saturated rings. The highest BCUT2D eigenvalue weighted by atomic mass is 32.2. The highest BCUT2D eigenvalue weighted by molar-refractivity contribution is 7.86. The molecule has 91 heavy (non-hydrogen) atoms. The van der Waals surface area contributed by atoms with Crippen LogP contribution < -0.4 is 9.80 Å². The average molecular weight is 1350 g/mol. The van der Waals surface area contributed by atoms with Gasteiger partial charge in [-0.1, -0.05) is 12.2 Å². The highest BCUT2D eigenvalue weighted by Crippen LogP contribution is 2.51. The minimum atomic E-state index is -4.90. The van der Waals surface area contributed by atoms with E-state index in [1.54, 1.807) is 19.3 Å². The van der Waals surface area contributed by atoms with Crippen LogP contribution in [0.3, 0.4) is 0 Å². The number of nitrogens with zero attached hydrogens (tertiary/aromatic N) is 3. The fourth-order valence-electron chi connectivity index (χ4n) is 9.43. The van der Waals surface area contributed by atoms with Crippen molar-refractivity contribution in [3.8, 4) is 0 Å². The Balaban J connectivity index is 1.11. The largest absolute Gasteiger partial charge is 0.744 e. The Morgan fingerprint density at radius 1 is 0.626 bits per heavy atom. The van der Waals surface area contributed by atoms with Gasteiger partial charge in [0.05, 0.1) is 186 Å². The van der Waals surface area contributed by atoms with Gasteiger partial charge in [0.2, 0.25) is 0 Å². The summed E-state index contributed by atoms with van der Waals surface area (Å²) < 4.78 is 176. The molecule has 1 aromatic heterocycles. The number of imide groups is 1. The Kier molecular flexibility index (Phi) is 34.9. The van der Waals surface area contributed by atoms with Gasteiger partial charge >= 0.3 is 17.8 Å². The lowest BCUT2D eigenvalue weighted by atomic mass is 9.77. The van der Waals surface area contributed by atoms with E-state index in [1.165, 1.54) is 24.5 Å². The van der Waals surface area contributed by atoms with Crippen LogP contribution in [-0.2, 0) is 112 Å². The minimum absolute atomic E-state index is 0.0141. The van der Waals surface area contributed by atoms with Gasteiger partial charge in [0.15, 0.2) is 0 Å². The van der Waals surface area contributed by atoms with Crippen molar-refractivity contribution in [1.82, 2.24) is 5.06 Å². The average Bonchev–Trinajstić information content (AvgIpc) is 1.59. The SMILES string of the molecule is COCCOCCOCCOCCOCCOCCN(CCCS(=O)(=O)O)c1ccc2c(/C=C/C=C3/N(CCOCCOCCOCCOCCOCCOCCC(=O)ON4C(=O)CCC4=O)c4ccc(S(=O)(=O)[O-])cc4C3(C)CCCS(=O)(=O)O)cc[o+]c2c1. The molecule has 3 aromatic rings. The van der Waals surface area contributed by atoms with Gasteiger partial charge in [-0.2, -0.15) is 16.8 Å². The second-order valence-corrected chi connectivity index (χ2v) is 25.1. The molecule has 512 valence electrons. The zero-order chi connectivity index (χ0) is 65.8. The van der Waals surface area contributed by atoms with Crippen LogP contribution >= 0.6 is 0 Å². The summed E-state index contributed by atoms with van der Waals surface area (Å²) in [5, 5.41) is 1.21. The number of benzene rings is 2. The molecule has 1 unspecified atom stereocenters. The summed E-state index contributed by atoms with van der Waals surface area (Å²) in [4.78, 5) is 43.1. The molecule has 0 aliphatic carbocycles. The predicted octanol–water partition coefficient (Wildman–Crippen LogP) is 3.87. The van der Waals surface area contributed by atoms with E-state index in [0.29, 0.717) is 144 Å². The third-order valence-corrected chi connectivity index (χ3v) is 16.4. The van der Waals surface area contributed by atoms with Crippen molar-refractivity contribution in [2.24, 2.45) is 0 Å². The second kappa shape index (κ2) is 41.5. The molecule has 2 N–H and O–H groups in total. The highest BCUT2D eigenvalue weighted by Gasteiger charge is 2.43. The molecule has 2 aliphatic rings. The van der Waals surface area contributed by atoms with Crippen molar-refractivity contribution in [2.45, 2.75) is 55.8 Å². The molecule has 0 radical (unpaired) electrons. The van der Waals surface area contributed by atoms with Gasteiger partial charge in [-0.15, -0.1) is 5.06 Å². The van der Waals surface area contributed by atoms with Gasteiger partial charge in [0.1, 0.15) is 10.1 Å². The smallest absolute Gasteiger partial charge is 0.362 e. The lowest BCUT2D eigenvalue weighted by Gasteiger charge is -2.30. The zero-order valence-electron chi connectivity index (χ0n) is 51.7. The van der Waals surface area contributed by atoms with Crippen LogP contribution in [0.4, 0.5) is 11.4 Å².